The average molecular weight is 357 g/mol. The molecule has 1 amide bonds. The average Bonchev–Trinajstić information content (AvgIpc) is 2.53. The van der Waals surface area contributed by atoms with Gasteiger partial charge in [-0.1, -0.05) is 6.08 Å². The summed E-state index contributed by atoms with van der Waals surface area (Å²) in [5.41, 5.74) is 5.95. The fourth-order valence-corrected chi connectivity index (χ4v) is 4.83. The molecule has 7 heteroatoms. The lowest BCUT2D eigenvalue weighted by atomic mass is 9.63. The van der Waals surface area contributed by atoms with Crippen LogP contribution in [0.15, 0.2) is 45.6 Å². The summed E-state index contributed by atoms with van der Waals surface area (Å²) in [4.78, 5) is 35.9. The van der Waals surface area contributed by atoms with E-state index in [4.69, 9.17) is 5.73 Å². The Kier molecular flexibility index (Phi) is 3.57. The number of primary amides is 1. The van der Waals surface area contributed by atoms with Crippen LogP contribution in [-0.2, 0) is 14.4 Å². The van der Waals surface area contributed by atoms with E-state index >= 15 is 0 Å². The minimum atomic E-state index is -1.04. The molecule has 26 heavy (non-hydrogen) atoms. The molecule has 1 unspecified atom stereocenters. The molecule has 0 aromatic heterocycles. The second kappa shape index (κ2) is 5.59. The number of hydrogen-bond donors (Lipinski definition) is 4. The molecule has 7 nitrogen and oxygen atoms in total. The van der Waals surface area contributed by atoms with Gasteiger partial charge in [0.25, 0.3) is 5.91 Å². The minimum absolute atomic E-state index is 0.00382. The Bertz CT molecular complexity index is 888. The number of aliphatic hydroxyl groups is 3. The first-order valence-corrected chi connectivity index (χ1v) is 8.66. The van der Waals surface area contributed by atoms with Crippen molar-refractivity contribution in [1.29, 1.82) is 0 Å². The number of ketones is 2. The van der Waals surface area contributed by atoms with E-state index in [0.29, 0.717) is 25.7 Å². The first-order chi connectivity index (χ1) is 12.3. The summed E-state index contributed by atoms with van der Waals surface area (Å²) in [6.07, 6.45) is 3.80. The Morgan fingerprint density at radius 1 is 1.08 bits per heavy atom. The van der Waals surface area contributed by atoms with Gasteiger partial charge in [0, 0.05) is 18.4 Å². The number of aliphatic hydroxyl groups excluding tert-OH is 3. The van der Waals surface area contributed by atoms with Gasteiger partial charge in [0.05, 0.1) is 11.5 Å². The zero-order valence-electron chi connectivity index (χ0n) is 14.0. The highest BCUT2D eigenvalue weighted by Crippen LogP contribution is 2.52. The topological polar surface area (TPSA) is 138 Å². The molecule has 0 aromatic carbocycles. The van der Waals surface area contributed by atoms with Gasteiger partial charge in [0.2, 0.25) is 0 Å². The van der Waals surface area contributed by atoms with Gasteiger partial charge in [-0.05, 0) is 36.7 Å². The third kappa shape index (κ3) is 2.16. The lowest BCUT2D eigenvalue weighted by Crippen LogP contribution is -2.40. The Morgan fingerprint density at radius 2 is 1.81 bits per heavy atom. The molecule has 4 aliphatic rings. The van der Waals surface area contributed by atoms with Crippen molar-refractivity contribution in [1.82, 2.24) is 0 Å². The lowest BCUT2D eigenvalue weighted by molar-refractivity contribution is -0.123. The summed E-state index contributed by atoms with van der Waals surface area (Å²) in [6.45, 7) is 0. The quantitative estimate of drug-likeness (QED) is 0.528. The highest BCUT2D eigenvalue weighted by molar-refractivity contribution is 6.19. The maximum absolute atomic E-state index is 12.2. The first-order valence-electron chi connectivity index (χ1n) is 8.66. The number of fused-ring (bicyclic) bond motifs is 3. The third-order valence-electron chi connectivity index (χ3n) is 5.88. The van der Waals surface area contributed by atoms with Crippen LogP contribution in [0.1, 0.15) is 32.1 Å². The van der Waals surface area contributed by atoms with Crippen LogP contribution in [0, 0.1) is 17.8 Å². The Morgan fingerprint density at radius 3 is 2.50 bits per heavy atom. The molecule has 136 valence electrons. The standard InChI is InChI=1S/C19H19NO6/c20-19(26)15-11(22)6-9-5-8-4-7-2-1-3-10(21)12(7)16(23)13(8)17(24)14(9)18(15)25/h2,8-9,14,23-25H,1,3-6H2,(H2,20,26)/t8-,9-,14?/m0/s1. The van der Waals surface area contributed by atoms with Crippen LogP contribution in [0.25, 0.3) is 0 Å². The van der Waals surface area contributed by atoms with Crippen molar-refractivity contribution in [2.45, 2.75) is 32.1 Å². The number of nitrogens with two attached hydrogens (primary N) is 1. The first kappa shape index (κ1) is 16.6. The summed E-state index contributed by atoms with van der Waals surface area (Å²) in [5, 5.41) is 31.9. The normalized spacial score (nSPS) is 31.4. The molecule has 0 saturated carbocycles. The molecule has 3 atom stereocenters. The molecular weight excluding hydrogens is 338 g/mol. The van der Waals surface area contributed by atoms with E-state index in [1.807, 2.05) is 6.08 Å². The molecule has 0 aromatic rings. The lowest BCUT2D eigenvalue weighted by Gasteiger charge is -2.42. The number of allylic oxidation sites excluding steroid dienone is 4. The monoisotopic (exact) mass is 357 g/mol. The van der Waals surface area contributed by atoms with Gasteiger partial charge in [0.1, 0.15) is 22.9 Å². The van der Waals surface area contributed by atoms with Gasteiger partial charge < -0.3 is 21.1 Å². The Balaban J connectivity index is 1.90. The summed E-state index contributed by atoms with van der Waals surface area (Å²) >= 11 is 0. The Labute approximate surface area is 149 Å². The van der Waals surface area contributed by atoms with Crippen molar-refractivity contribution < 1.29 is 29.7 Å². The molecule has 0 spiro atoms. The molecule has 0 saturated heterocycles. The van der Waals surface area contributed by atoms with E-state index in [-0.39, 0.29) is 46.7 Å². The van der Waals surface area contributed by atoms with Crippen LogP contribution in [-0.4, -0.2) is 32.8 Å². The van der Waals surface area contributed by atoms with Gasteiger partial charge in [-0.2, -0.15) is 0 Å². The molecular formula is C19H19NO6. The van der Waals surface area contributed by atoms with Crippen LogP contribution in [0.4, 0.5) is 0 Å². The van der Waals surface area contributed by atoms with Crippen molar-refractivity contribution in [3.63, 3.8) is 0 Å². The van der Waals surface area contributed by atoms with E-state index < -0.39 is 28.9 Å². The fourth-order valence-electron chi connectivity index (χ4n) is 4.83. The molecule has 0 radical (unpaired) electrons. The fraction of sp³-hybridized carbons (Fsp3) is 0.421. The molecule has 4 rings (SSSR count). The zero-order valence-corrected chi connectivity index (χ0v) is 14.0. The second-order valence-electron chi connectivity index (χ2n) is 7.34. The number of hydrogen-bond acceptors (Lipinski definition) is 6. The van der Waals surface area contributed by atoms with E-state index in [1.165, 1.54) is 0 Å². The Hall–Kier alpha value is -2.83. The van der Waals surface area contributed by atoms with Gasteiger partial charge >= 0.3 is 0 Å². The summed E-state index contributed by atoms with van der Waals surface area (Å²) < 4.78 is 0. The number of carbonyl (C=O) groups is 3. The van der Waals surface area contributed by atoms with E-state index in [9.17, 15) is 29.7 Å². The number of carbonyl (C=O) groups excluding carboxylic acids is 3. The van der Waals surface area contributed by atoms with Gasteiger partial charge in [0.15, 0.2) is 11.6 Å². The number of rotatable bonds is 1. The molecule has 0 heterocycles. The molecule has 4 aliphatic carbocycles. The number of Topliss-reactive ketones (excluding diaryl/α,β-unsaturated/α-hetero) is 2. The van der Waals surface area contributed by atoms with Crippen molar-refractivity contribution in [3.8, 4) is 0 Å². The highest BCUT2D eigenvalue weighted by atomic mass is 16.3. The van der Waals surface area contributed by atoms with Crippen LogP contribution in [0.5, 0.6) is 0 Å². The van der Waals surface area contributed by atoms with Crippen molar-refractivity contribution in [2.24, 2.45) is 23.5 Å². The van der Waals surface area contributed by atoms with E-state index in [2.05, 4.69) is 0 Å². The van der Waals surface area contributed by atoms with Crippen molar-refractivity contribution in [3.05, 3.63) is 45.6 Å². The molecule has 0 aliphatic heterocycles. The third-order valence-corrected chi connectivity index (χ3v) is 5.88. The predicted octanol–water partition coefficient (Wildman–Crippen LogP) is 1.83. The van der Waals surface area contributed by atoms with Crippen LogP contribution >= 0.6 is 0 Å². The number of amides is 1. The molecule has 0 bridgehead atoms. The zero-order chi connectivity index (χ0) is 18.7. The highest BCUT2D eigenvalue weighted by Gasteiger charge is 2.49. The summed E-state index contributed by atoms with van der Waals surface area (Å²) in [6, 6.07) is 0. The van der Waals surface area contributed by atoms with Crippen molar-refractivity contribution in [2.75, 3.05) is 0 Å². The van der Waals surface area contributed by atoms with Gasteiger partial charge in [-0.25, -0.2) is 0 Å². The maximum atomic E-state index is 12.2. The molecule has 5 N–H and O–H groups in total. The second-order valence-corrected chi connectivity index (χ2v) is 7.34. The van der Waals surface area contributed by atoms with Crippen LogP contribution < -0.4 is 5.73 Å². The van der Waals surface area contributed by atoms with Crippen LogP contribution in [0.2, 0.25) is 0 Å². The summed E-state index contributed by atoms with van der Waals surface area (Å²) in [5.74, 6) is -4.40. The van der Waals surface area contributed by atoms with Crippen LogP contribution in [0.3, 0.4) is 0 Å². The largest absolute Gasteiger partial charge is 0.511 e. The van der Waals surface area contributed by atoms with E-state index in [1.54, 1.807) is 0 Å². The predicted molar refractivity (Wildman–Crippen MR) is 89.8 cm³/mol. The minimum Gasteiger partial charge on any atom is -0.511 e. The molecule has 0 fully saturated rings. The van der Waals surface area contributed by atoms with E-state index in [0.717, 1.165) is 5.57 Å². The van der Waals surface area contributed by atoms with Gasteiger partial charge in [-0.3, -0.25) is 14.4 Å². The smallest absolute Gasteiger partial charge is 0.255 e. The van der Waals surface area contributed by atoms with Gasteiger partial charge in [-0.15, -0.1) is 0 Å². The maximum Gasteiger partial charge on any atom is 0.255 e. The SMILES string of the molecule is NC(=O)C1=C(O)C2C(O)=C3C(O)=C4C(=O)CCC=C4C[C@H]3C[C@H]2CC1=O. The summed E-state index contributed by atoms with van der Waals surface area (Å²) in [7, 11) is 0. The van der Waals surface area contributed by atoms with Crippen molar-refractivity contribution >= 4 is 17.5 Å².